The molecule has 12 aromatic rings. The van der Waals surface area contributed by atoms with Gasteiger partial charge >= 0.3 is 0 Å². The normalized spacial score (nSPS) is 23.8. The molecule has 3 atom stereocenters. The van der Waals surface area contributed by atoms with Crippen LogP contribution < -0.4 is 0 Å². The molecule has 0 fully saturated rings. The van der Waals surface area contributed by atoms with Crippen LogP contribution in [-0.4, -0.2) is 16.0 Å². The molecule has 2 heterocycles. The lowest BCUT2D eigenvalue weighted by Crippen LogP contribution is -2.61. The van der Waals surface area contributed by atoms with Gasteiger partial charge in [-0.1, -0.05) is 146 Å². The number of hydrogen-bond donors (Lipinski definition) is 0. The first-order chi connectivity index (χ1) is 34.6. The van der Waals surface area contributed by atoms with Crippen LogP contribution >= 0.6 is 0 Å². The molecular weight excluding hydrogens is 851 g/mol. The maximum atomic E-state index is 15.5. The van der Waals surface area contributed by atoms with Gasteiger partial charge in [0, 0.05) is 61.8 Å². The third-order valence-electron chi connectivity index (χ3n) is 19.0. The van der Waals surface area contributed by atoms with Crippen molar-refractivity contribution in [3.05, 3.63) is 288 Å². The lowest BCUT2D eigenvalue weighted by Gasteiger charge is -2.64. The van der Waals surface area contributed by atoms with Gasteiger partial charge in [-0.25, -0.2) is 0 Å². The topological polar surface area (TPSA) is 38.5 Å². The minimum absolute atomic E-state index is 0.0744. The van der Waals surface area contributed by atoms with Crippen molar-refractivity contribution in [3.8, 4) is 0 Å². The van der Waals surface area contributed by atoms with E-state index in [0.717, 1.165) is 55.2 Å². The largest absolute Gasteiger partial charge is 0.308 e. The smallest absolute Gasteiger partial charge is 0.175 e. The minimum Gasteiger partial charge on any atom is -0.308 e. The summed E-state index contributed by atoms with van der Waals surface area (Å²) in [4.78, 5) is 31.0. The zero-order valence-corrected chi connectivity index (χ0v) is 37.6. The summed E-state index contributed by atoms with van der Waals surface area (Å²) >= 11 is 0. The Morgan fingerprint density at radius 1 is 0.329 bits per heavy atom. The van der Waals surface area contributed by atoms with Crippen molar-refractivity contribution < 1.29 is 9.59 Å². The van der Waals surface area contributed by atoms with Crippen LogP contribution in [-0.2, 0) is 5.41 Å². The molecule has 10 aromatic carbocycles. The summed E-state index contributed by atoms with van der Waals surface area (Å²) in [6.07, 6.45) is 0. The van der Waals surface area contributed by atoms with Crippen LogP contribution in [0.15, 0.2) is 188 Å². The summed E-state index contributed by atoms with van der Waals surface area (Å²) in [5.74, 6) is 0.0806. The van der Waals surface area contributed by atoms with E-state index in [-0.39, 0.29) is 52.5 Å². The van der Waals surface area contributed by atoms with Gasteiger partial charge in [-0.05, 0) is 142 Å². The van der Waals surface area contributed by atoms with E-state index in [1.807, 2.05) is 0 Å². The highest BCUT2D eigenvalue weighted by atomic mass is 16.1. The summed E-state index contributed by atoms with van der Waals surface area (Å²) in [5, 5.41) is 7.21. The SMILES string of the molecule is O=C1c2cc3c(cc2C2c4ccccc4C1c1ccccc12)c1c2cc4c(cc2cc2c5cc6c(cc5n3c21)C(=O)C1c2ccccc2C12c1ccccc1C62)C1c2ccccc2C4c2ccccc21. The fourth-order valence-corrected chi connectivity index (χ4v) is 16.7. The van der Waals surface area contributed by atoms with Crippen LogP contribution in [0.3, 0.4) is 0 Å². The average Bonchev–Trinajstić information content (AvgIpc) is 3.85. The van der Waals surface area contributed by atoms with Crippen molar-refractivity contribution >= 4 is 60.4 Å². The Morgan fingerprint density at radius 2 is 0.757 bits per heavy atom. The molecule has 3 nitrogen and oxygen atoms in total. The van der Waals surface area contributed by atoms with Gasteiger partial charge in [0.25, 0.3) is 0 Å². The molecule has 70 heavy (non-hydrogen) atoms. The van der Waals surface area contributed by atoms with Crippen LogP contribution in [0.5, 0.6) is 0 Å². The Bertz CT molecular complexity index is 4490. The first-order valence-electron chi connectivity index (χ1n) is 25.0. The number of hydrogen-bond acceptors (Lipinski definition) is 2. The predicted molar refractivity (Wildman–Crippen MR) is 276 cm³/mol. The zero-order chi connectivity index (χ0) is 45.2. The van der Waals surface area contributed by atoms with Gasteiger partial charge in [0.2, 0.25) is 0 Å². The average molecular weight is 888 g/mol. The maximum Gasteiger partial charge on any atom is 0.175 e. The molecule has 9 aliphatic rings. The van der Waals surface area contributed by atoms with Crippen LogP contribution in [0.2, 0.25) is 0 Å². The lowest BCUT2D eigenvalue weighted by molar-refractivity contribution is 0.0847. The van der Waals surface area contributed by atoms with Crippen molar-refractivity contribution in [2.24, 2.45) is 0 Å². The first kappa shape index (κ1) is 35.7. The highest BCUT2D eigenvalue weighted by Crippen LogP contribution is 2.74. The molecule has 3 unspecified atom stereocenters. The minimum atomic E-state index is -0.373. The molecule has 0 saturated carbocycles. The van der Waals surface area contributed by atoms with Crippen LogP contribution in [0.1, 0.15) is 145 Å². The number of carbonyl (C=O) groups is 2. The number of benzene rings is 10. The van der Waals surface area contributed by atoms with E-state index in [2.05, 4.69) is 192 Å². The van der Waals surface area contributed by atoms with Gasteiger partial charge in [0.1, 0.15) is 0 Å². The molecule has 0 aliphatic heterocycles. The Kier molecular flexibility index (Phi) is 5.88. The first-order valence-corrected chi connectivity index (χ1v) is 25.0. The number of aromatic nitrogens is 1. The van der Waals surface area contributed by atoms with E-state index in [1.165, 1.54) is 93.8 Å². The van der Waals surface area contributed by atoms with Gasteiger partial charge in [0.05, 0.1) is 28.4 Å². The van der Waals surface area contributed by atoms with E-state index in [0.29, 0.717) is 0 Å². The number of rotatable bonds is 0. The van der Waals surface area contributed by atoms with E-state index < -0.39 is 0 Å². The fourth-order valence-electron chi connectivity index (χ4n) is 16.7. The summed E-state index contributed by atoms with van der Waals surface area (Å²) in [5.41, 5.74) is 25.0. The van der Waals surface area contributed by atoms with Gasteiger partial charge in [-0.15, -0.1) is 0 Å². The Balaban J connectivity index is 0.962. The van der Waals surface area contributed by atoms with Gasteiger partial charge in [-0.2, -0.15) is 0 Å². The van der Waals surface area contributed by atoms with E-state index in [9.17, 15) is 0 Å². The van der Waals surface area contributed by atoms with Crippen molar-refractivity contribution in [2.75, 3.05) is 0 Å². The third-order valence-corrected chi connectivity index (χ3v) is 19.0. The molecule has 0 amide bonds. The van der Waals surface area contributed by atoms with Crippen molar-refractivity contribution in [1.82, 2.24) is 4.40 Å². The molecule has 3 heteroatoms. The molecule has 0 N–H and O–H groups in total. The van der Waals surface area contributed by atoms with Crippen LogP contribution in [0, 0.1) is 0 Å². The molecule has 1 spiro atoms. The predicted octanol–water partition coefficient (Wildman–Crippen LogP) is 14.5. The molecular formula is C67H37NO2. The highest BCUT2D eigenvalue weighted by molar-refractivity contribution is 6.32. The molecule has 0 radical (unpaired) electrons. The van der Waals surface area contributed by atoms with Crippen LogP contribution in [0.25, 0.3) is 48.9 Å². The second kappa shape index (κ2) is 11.5. The number of fused-ring (bicyclic) bond motifs is 14. The van der Waals surface area contributed by atoms with E-state index in [4.69, 9.17) is 0 Å². The number of carbonyl (C=O) groups excluding carboxylic acids is 2. The summed E-state index contributed by atoms with van der Waals surface area (Å²) in [7, 11) is 0. The molecule has 21 rings (SSSR count). The van der Waals surface area contributed by atoms with Gasteiger partial charge in [-0.3, -0.25) is 9.59 Å². The second-order valence-electron chi connectivity index (χ2n) is 21.5. The molecule has 4 bridgehead atoms. The quantitative estimate of drug-likeness (QED) is 0.152. The summed E-state index contributed by atoms with van der Waals surface area (Å²) < 4.78 is 2.45. The Morgan fingerprint density at radius 3 is 1.33 bits per heavy atom. The molecule has 2 aromatic heterocycles. The zero-order valence-electron chi connectivity index (χ0n) is 37.6. The highest BCUT2D eigenvalue weighted by Gasteiger charge is 2.69. The van der Waals surface area contributed by atoms with Crippen LogP contribution in [0.4, 0.5) is 0 Å². The Labute approximate surface area is 401 Å². The molecule has 0 saturated heterocycles. The third kappa shape index (κ3) is 3.63. The van der Waals surface area contributed by atoms with Crippen molar-refractivity contribution in [2.45, 2.75) is 40.9 Å². The molecule has 322 valence electrons. The fraction of sp³-hybridized carbons (Fsp3) is 0.104. The van der Waals surface area contributed by atoms with Crippen molar-refractivity contribution in [3.63, 3.8) is 0 Å². The van der Waals surface area contributed by atoms with Gasteiger partial charge in [0.15, 0.2) is 11.6 Å². The van der Waals surface area contributed by atoms with Gasteiger partial charge < -0.3 is 4.40 Å². The lowest BCUT2D eigenvalue weighted by atomic mass is 9.36. The summed E-state index contributed by atoms with van der Waals surface area (Å²) in [6.45, 7) is 0. The maximum absolute atomic E-state index is 15.5. The van der Waals surface area contributed by atoms with Crippen molar-refractivity contribution in [1.29, 1.82) is 0 Å². The van der Waals surface area contributed by atoms with E-state index in [1.54, 1.807) is 0 Å². The van der Waals surface area contributed by atoms with E-state index >= 15 is 9.59 Å². The standard InChI is InChI=1S/C67H37NO2/c69-65-50-30-56-52(29-47(50)59-37-17-5-7-19-39(37)61(65)40-20-8-6-18-38(40)59)60-43-27-46-45(57-33-13-1-3-15-35(33)58(46)36-16-4-2-14-34(36)57)25-32(43)26-49-44-28-48-51(31-55(44)68(56)64(49)60)66(70)63-42-22-10-12-24-54(42)67(63)53-23-11-9-21-41(53)62(48)67/h1-31,57-59,61-63H. The number of ketones is 2. The second-order valence-corrected chi connectivity index (χ2v) is 21.5. The number of nitrogens with zero attached hydrogens (tertiary/aromatic N) is 1. The monoisotopic (exact) mass is 887 g/mol. The molecule has 9 aliphatic carbocycles. The summed E-state index contributed by atoms with van der Waals surface area (Å²) in [6, 6.07) is 69.9. The number of Topliss-reactive ketones (excluding diaryl/α,β-unsaturated/α-hetero) is 2. The Hall–Kier alpha value is -8.40.